The fraction of sp³-hybridized carbons (Fsp3) is 0.172. The van der Waals surface area contributed by atoms with Gasteiger partial charge in [-0.05, 0) is 63.2 Å². The average molecular weight is 565 g/mol. The fourth-order valence-corrected chi connectivity index (χ4v) is 5.89. The summed E-state index contributed by atoms with van der Waals surface area (Å²) in [4.78, 5) is 13.0. The fourth-order valence-electron chi connectivity index (χ4n) is 4.22. The molecular formula is C29H29ClN4O4S. The van der Waals surface area contributed by atoms with Crippen molar-refractivity contribution in [1.82, 2.24) is 9.99 Å². The van der Waals surface area contributed by atoms with Crippen molar-refractivity contribution < 1.29 is 17.9 Å². The maximum atomic E-state index is 13.6. The van der Waals surface area contributed by atoms with Crippen LogP contribution >= 0.6 is 11.6 Å². The molecule has 0 unspecified atom stereocenters. The molecule has 0 fully saturated rings. The minimum absolute atomic E-state index is 0.0552. The lowest BCUT2D eigenvalue weighted by Crippen LogP contribution is -2.39. The minimum Gasteiger partial charge on any atom is -0.492 e. The Kier molecular flexibility index (Phi) is 8.73. The lowest BCUT2D eigenvalue weighted by molar-refractivity contribution is -0.119. The van der Waals surface area contributed by atoms with Crippen LogP contribution in [0.5, 0.6) is 5.75 Å². The summed E-state index contributed by atoms with van der Waals surface area (Å²) >= 11 is 6.39. The average Bonchev–Trinajstić information content (AvgIpc) is 3.21. The van der Waals surface area contributed by atoms with Crippen molar-refractivity contribution in [2.45, 2.75) is 25.7 Å². The standard InChI is InChI=1S/C29H29ClN4O4S/c1-4-38-28-17-11-10-16-27(28)33(39(36,37)24-12-6-5-7-13-24)20-29(35)32-31-19-23-18-21(2)34(22(23)3)26-15-9-8-14-25(26)30/h5-19H,4,20H2,1-3H3,(H,32,35)/b31-19-. The van der Waals surface area contributed by atoms with E-state index in [2.05, 4.69) is 10.5 Å². The molecule has 8 nitrogen and oxygen atoms in total. The minimum atomic E-state index is -4.09. The van der Waals surface area contributed by atoms with E-state index in [9.17, 15) is 13.2 Å². The molecule has 4 aromatic rings. The molecule has 0 saturated carbocycles. The van der Waals surface area contributed by atoms with Gasteiger partial charge in [0, 0.05) is 17.0 Å². The lowest BCUT2D eigenvalue weighted by Gasteiger charge is -2.25. The van der Waals surface area contributed by atoms with Gasteiger partial charge < -0.3 is 9.30 Å². The number of hydrazone groups is 1. The predicted molar refractivity (Wildman–Crippen MR) is 155 cm³/mol. The Bertz CT molecular complexity index is 1600. The number of nitrogens with one attached hydrogen (secondary N) is 1. The highest BCUT2D eigenvalue weighted by molar-refractivity contribution is 7.92. The summed E-state index contributed by atoms with van der Waals surface area (Å²) in [5.41, 5.74) is 6.17. The van der Waals surface area contributed by atoms with E-state index in [0.29, 0.717) is 17.4 Å². The van der Waals surface area contributed by atoms with Crippen LogP contribution in [-0.2, 0) is 14.8 Å². The van der Waals surface area contributed by atoms with Crippen molar-refractivity contribution in [1.29, 1.82) is 0 Å². The van der Waals surface area contributed by atoms with Gasteiger partial charge >= 0.3 is 0 Å². The summed E-state index contributed by atoms with van der Waals surface area (Å²) in [6.07, 6.45) is 1.53. The number of anilines is 1. The first kappa shape index (κ1) is 27.9. The molecule has 0 saturated heterocycles. The second-order valence-electron chi connectivity index (χ2n) is 8.63. The molecule has 0 aliphatic rings. The van der Waals surface area contributed by atoms with E-state index in [1.54, 1.807) is 49.4 Å². The van der Waals surface area contributed by atoms with Crippen LogP contribution in [0.1, 0.15) is 23.9 Å². The Hall–Kier alpha value is -4.08. The molecule has 1 amide bonds. The van der Waals surface area contributed by atoms with Crippen molar-refractivity contribution in [3.63, 3.8) is 0 Å². The number of rotatable bonds is 10. The van der Waals surface area contributed by atoms with Gasteiger partial charge in [-0.1, -0.05) is 54.1 Å². The van der Waals surface area contributed by atoms with E-state index in [1.807, 2.05) is 48.7 Å². The maximum absolute atomic E-state index is 13.6. The number of aromatic nitrogens is 1. The molecule has 1 heterocycles. The van der Waals surface area contributed by atoms with Gasteiger partial charge in [0.1, 0.15) is 12.3 Å². The SMILES string of the molecule is CCOc1ccccc1N(CC(=O)N/N=C\c1cc(C)n(-c2ccccc2Cl)c1C)S(=O)(=O)c1ccccc1. The highest BCUT2D eigenvalue weighted by Gasteiger charge is 2.29. The summed E-state index contributed by atoms with van der Waals surface area (Å²) in [6, 6.07) is 24.1. The maximum Gasteiger partial charge on any atom is 0.264 e. The molecule has 39 heavy (non-hydrogen) atoms. The molecule has 0 spiro atoms. The van der Waals surface area contributed by atoms with E-state index in [1.165, 1.54) is 18.3 Å². The van der Waals surface area contributed by atoms with Crippen LogP contribution in [0.25, 0.3) is 5.69 Å². The number of halogens is 1. The monoisotopic (exact) mass is 564 g/mol. The van der Waals surface area contributed by atoms with Crippen molar-refractivity contribution in [3.8, 4) is 11.4 Å². The summed E-state index contributed by atoms with van der Waals surface area (Å²) in [5.74, 6) is -0.264. The van der Waals surface area contributed by atoms with Crippen molar-refractivity contribution in [3.05, 3.63) is 107 Å². The second kappa shape index (κ2) is 12.2. The Morgan fingerprint density at radius 1 is 1.03 bits per heavy atom. The van der Waals surface area contributed by atoms with Crippen LogP contribution in [0.4, 0.5) is 5.69 Å². The summed E-state index contributed by atoms with van der Waals surface area (Å²) < 4.78 is 35.9. The van der Waals surface area contributed by atoms with E-state index in [4.69, 9.17) is 16.3 Å². The van der Waals surface area contributed by atoms with Crippen LogP contribution < -0.4 is 14.5 Å². The van der Waals surface area contributed by atoms with Crippen LogP contribution in [0, 0.1) is 13.8 Å². The number of benzene rings is 3. The molecule has 1 aromatic heterocycles. The molecule has 0 bridgehead atoms. The summed E-state index contributed by atoms with van der Waals surface area (Å²) in [5, 5.41) is 4.72. The first-order valence-electron chi connectivity index (χ1n) is 12.3. The second-order valence-corrected chi connectivity index (χ2v) is 10.9. The molecule has 0 aliphatic carbocycles. The van der Waals surface area contributed by atoms with Gasteiger partial charge in [0.15, 0.2) is 0 Å². The van der Waals surface area contributed by atoms with E-state index >= 15 is 0 Å². The number of para-hydroxylation sites is 3. The molecule has 202 valence electrons. The molecule has 4 rings (SSSR count). The van der Waals surface area contributed by atoms with Gasteiger partial charge in [-0.25, -0.2) is 13.8 Å². The Balaban J connectivity index is 1.59. The number of aryl methyl sites for hydroxylation is 1. The number of amides is 1. The molecular weight excluding hydrogens is 536 g/mol. The summed E-state index contributed by atoms with van der Waals surface area (Å²) in [7, 11) is -4.09. The van der Waals surface area contributed by atoms with Crippen LogP contribution in [0.3, 0.4) is 0 Å². The predicted octanol–water partition coefficient (Wildman–Crippen LogP) is 5.49. The van der Waals surface area contributed by atoms with Crippen molar-refractivity contribution in [2.75, 3.05) is 17.5 Å². The smallest absolute Gasteiger partial charge is 0.264 e. The zero-order valence-corrected chi connectivity index (χ0v) is 23.4. The van der Waals surface area contributed by atoms with Gasteiger partial charge in [-0.15, -0.1) is 0 Å². The van der Waals surface area contributed by atoms with E-state index in [0.717, 1.165) is 26.9 Å². The van der Waals surface area contributed by atoms with Gasteiger partial charge in [0.25, 0.3) is 15.9 Å². The third-order valence-electron chi connectivity index (χ3n) is 6.01. The highest BCUT2D eigenvalue weighted by Crippen LogP contribution is 2.32. The number of hydrogen-bond donors (Lipinski definition) is 1. The van der Waals surface area contributed by atoms with Gasteiger partial charge in [-0.2, -0.15) is 5.10 Å². The molecule has 0 radical (unpaired) electrons. The third kappa shape index (κ3) is 6.16. The number of hydrogen-bond acceptors (Lipinski definition) is 5. The molecule has 0 aliphatic heterocycles. The van der Waals surface area contributed by atoms with Gasteiger partial charge in [0.2, 0.25) is 0 Å². The van der Waals surface area contributed by atoms with Crippen LogP contribution in [0.15, 0.2) is 94.9 Å². The van der Waals surface area contributed by atoms with Crippen LogP contribution in [-0.4, -0.2) is 38.3 Å². The van der Waals surface area contributed by atoms with E-state index in [-0.39, 0.29) is 10.6 Å². The zero-order valence-electron chi connectivity index (χ0n) is 21.8. The lowest BCUT2D eigenvalue weighted by atomic mass is 10.2. The summed E-state index contributed by atoms with van der Waals surface area (Å²) in [6.45, 7) is 5.51. The van der Waals surface area contributed by atoms with E-state index < -0.39 is 22.5 Å². The Morgan fingerprint density at radius 2 is 1.69 bits per heavy atom. The van der Waals surface area contributed by atoms with Crippen molar-refractivity contribution in [2.24, 2.45) is 5.10 Å². The Labute approximate surface area is 233 Å². The highest BCUT2D eigenvalue weighted by atomic mass is 35.5. The molecule has 1 N–H and O–H groups in total. The first-order chi connectivity index (χ1) is 18.7. The normalized spacial score (nSPS) is 11.5. The number of sulfonamides is 1. The number of carbonyl (C=O) groups is 1. The van der Waals surface area contributed by atoms with Gasteiger partial charge in [0.05, 0.1) is 34.1 Å². The zero-order chi connectivity index (χ0) is 28.0. The third-order valence-corrected chi connectivity index (χ3v) is 8.10. The molecule has 10 heteroatoms. The number of nitrogens with zero attached hydrogens (tertiary/aromatic N) is 3. The first-order valence-corrected chi connectivity index (χ1v) is 14.1. The topological polar surface area (TPSA) is 93.0 Å². The van der Waals surface area contributed by atoms with Crippen LogP contribution in [0.2, 0.25) is 5.02 Å². The molecule has 3 aromatic carbocycles. The Morgan fingerprint density at radius 3 is 2.41 bits per heavy atom. The number of carbonyl (C=O) groups excluding carboxylic acids is 1. The largest absolute Gasteiger partial charge is 0.492 e. The quantitative estimate of drug-likeness (QED) is 0.203. The van der Waals surface area contributed by atoms with Gasteiger partial charge in [-0.3, -0.25) is 9.10 Å². The number of ether oxygens (including phenoxy) is 1. The molecule has 0 atom stereocenters. The van der Waals surface area contributed by atoms with Crippen molar-refractivity contribution >= 4 is 39.4 Å².